The minimum atomic E-state index is -4.50. The number of rotatable bonds is 8. The highest BCUT2D eigenvalue weighted by Crippen LogP contribution is 2.36. The van der Waals surface area contributed by atoms with Crippen LogP contribution in [-0.2, 0) is 6.18 Å². The molecule has 142 valence electrons. The Balaban J connectivity index is 2.51. The van der Waals surface area contributed by atoms with Gasteiger partial charge in [0, 0.05) is 11.7 Å². The van der Waals surface area contributed by atoms with Gasteiger partial charge in [0.2, 0.25) is 0 Å². The Morgan fingerprint density at radius 2 is 1.92 bits per heavy atom. The van der Waals surface area contributed by atoms with Crippen LogP contribution in [-0.4, -0.2) is 35.7 Å². The number of anilines is 1. The fourth-order valence-electron chi connectivity index (χ4n) is 2.44. The molecular weight excluding hydrogens is 371 g/mol. The molecular formula is C17H25ClF3N3S. The van der Waals surface area contributed by atoms with Gasteiger partial charge < -0.3 is 15.5 Å². The van der Waals surface area contributed by atoms with E-state index >= 15 is 0 Å². The molecule has 3 nitrogen and oxygen atoms in total. The van der Waals surface area contributed by atoms with Crippen LogP contribution in [0.4, 0.5) is 18.9 Å². The first-order valence-corrected chi connectivity index (χ1v) is 9.12. The lowest BCUT2D eigenvalue weighted by Crippen LogP contribution is -2.36. The molecule has 1 rings (SSSR count). The minimum Gasteiger partial charge on any atom is -0.360 e. The summed E-state index contributed by atoms with van der Waals surface area (Å²) in [6.45, 7) is 9.33. The van der Waals surface area contributed by atoms with Gasteiger partial charge in [0.1, 0.15) is 0 Å². The third kappa shape index (κ3) is 7.79. The summed E-state index contributed by atoms with van der Waals surface area (Å²) in [6, 6.07) is 3.77. The Kier molecular flexibility index (Phi) is 8.96. The van der Waals surface area contributed by atoms with E-state index in [0.29, 0.717) is 5.11 Å². The van der Waals surface area contributed by atoms with E-state index in [1.165, 1.54) is 12.1 Å². The van der Waals surface area contributed by atoms with Crippen LogP contribution < -0.4 is 10.6 Å². The van der Waals surface area contributed by atoms with Crippen molar-refractivity contribution in [2.45, 2.75) is 45.8 Å². The zero-order valence-corrected chi connectivity index (χ0v) is 16.3. The number of alkyl halides is 3. The number of halogens is 4. The van der Waals surface area contributed by atoms with Crippen LogP contribution in [0.3, 0.4) is 0 Å². The van der Waals surface area contributed by atoms with Crippen LogP contribution in [0.2, 0.25) is 5.02 Å². The fraction of sp³-hybridized carbons (Fsp3) is 0.588. The lowest BCUT2D eigenvalue weighted by atomic mass is 10.1. The zero-order valence-electron chi connectivity index (χ0n) is 14.7. The van der Waals surface area contributed by atoms with Gasteiger partial charge in [-0.1, -0.05) is 25.4 Å². The standard InChI is InChI=1S/C17H25ClF3N3S/c1-4-24(5-2)10-6-7-12(3)22-16(25)23-13-8-9-15(18)14(11-13)17(19,20)21/h8-9,11-12H,4-7,10H2,1-3H3,(H2,22,23,25). The highest BCUT2D eigenvalue weighted by Gasteiger charge is 2.33. The molecule has 0 amide bonds. The van der Waals surface area contributed by atoms with Crippen LogP contribution in [0.5, 0.6) is 0 Å². The van der Waals surface area contributed by atoms with Crippen molar-refractivity contribution >= 4 is 34.6 Å². The SMILES string of the molecule is CCN(CC)CCCC(C)NC(=S)Nc1ccc(Cl)c(C(F)(F)F)c1. The maximum absolute atomic E-state index is 12.9. The van der Waals surface area contributed by atoms with Gasteiger partial charge in [-0.3, -0.25) is 0 Å². The van der Waals surface area contributed by atoms with Crippen LogP contribution in [0.15, 0.2) is 18.2 Å². The Hall–Kier alpha value is -1.05. The summed E-state index contributed by atoms with van der Waals surface area (Å²) >= 11 is 10.8. The number of hydrogen-bond acceptors (Lipinski definition) is 2. The van der Waals surface area contributed by atoms with Crippen molar-refractivity contribution in [3.8, 4) is 0 Å². The van der Waals surface area contributed by atoms with E-state index in [2.05, 4.69) is 29.4 Å². The van der Waals surface area contributed by atoms with Crippen molar-refractivity contribution < 1.29 is 13.2 Å². The average molecular weight is 396 g/mol. The van der Waals surface area contributed by atoms with Crippen LogP contribution >= 0.6 is 23.8 Å². The monoisotopic (exact) mass is 395 g/mol. The zero-order chi connectivity index (χ0) is 19.0. The molecule has 2 N–H and O–H groups in total. The van der Waals surface area contributed by atoms with Gasteiger partial charge in [-0.25, -0.2) is 0 Å². The smallest absolute Gasteiger partial charge is 0.360 e. The van der Waals surface area contributed by atoms with E-state index in [-0.39, 0.29) is 16.8 Å². The van der Waals surface area contributed by atoms with Crippen molar-refractivity contribution in [3.05, 3.63) is 28.8 Å². The molecule has 0 heterocycles. The summed E-state index contributed by atoms with van der Waals surface area (Å²) in [6.07, 6.45) is -2.55. The average Bonchev–Trinajstić information content (AvgIpc) is 2.52. The summed E-state index contributed by atoms with van der Waals surface area (Å²) in [4.78, 5) is 2.34. The topological polar surface area (TPSA) is 27.3 Å². The molecule has 0 fully saturated rings. The Bertz CT molecular complexity index is 563. The minimum absolute atomic E-state index is 0.130. The lowest BCUT2D eigenvalue weighted by Gasteiger charge is -2.21. The predicted octanol–water partition coefficient (Wildman–Crippen LogP) is 5.16. The molecule has 8 heteroatoms. The van der Waals surface area contributed by atoms with Gasteiger partial charge in [-0.15, -0.1) is 0 Å². The van der Waals surface area contributed by atoms with Gasteiger partial charge in [-0.2, -0.15) is 13.2 Å². The Morgan fingerprint density at radius 1 is 1.28 bits per heavy atom. The molecule has 0 aliphatic heterocycles. The second kappa shape index (κ2) is 10.2. The maximum Gasteiger partial charge on any atom is 0.417 e. The molecule has 0 saturated carbocycles. The first kappa shape index (κ1) is 22.0. The highest BCUT2D eigenvalue weighted by atomic mass is 35.5. The fourth-order valence-corrected chi connectivity index (χ4v) is 2.99. The molecule has 0 aliphatic rings. The van der Waals surface area contributed by atoms with E-state index in [1.807, 2.05) is 6.92 Å². The molecule has 0 bridgehead atoms. The van der Waals surface area contributed by atoms with Gasteiger partial charge in [-0.05, 0) is 69.8 Å². The van der Waals surface area contributed by atoms with Gasteiger partial charge >= 0.3 is 6.18 Å². The van der Waals surface area contributed by atoms with Crippen molar-refractivity contribution in [1.29, 1.82) is 0 Å². The third-order valence-corrected chi connectivity index (χ3v) is 4.46. The number of thiocarbonyl (C=S) groups is 1. The summed E-state index contributed by atoms with van der Waals surface area (Å²) in [7, 11) is 0. The van der Waals surface area contributed by atoms with E-state index < -0.39 is 11.7 Å². The molecule has 1 atom stereocenters. The van der Waals surface area contributed by atoms with E-state index in [0.717, 1.165) is 38.5 Å². The van der Waals surface area contributed by atoms with Crippen LogP contribution in [0.25, 0.3) is 0 Å². The molecule has 0 spiro atoms. The Labute approximate surface area is 157 Å². The molecule has 0 radical (unpaired) electrons. The van der Waals surface area contributed by atoms with E-state index in [1.54, 1.807) is 0 Å². The maximum atomic E-state index is 12.9. The molecule has 0 saturated heterocycles. The summed E-state index contributed by atoms with van der Waals surface area (Å²) in [5.74, 6) is 0. The summed E-state index contributed by atoms with van der Waals surface area (Å²) < 4.78 is 38.6. The van der Waals surface area contributed by atoms with Crippen molar-refractivity contribution in [2.75, 3.05) is 25.0 Å². The third-order valence-electron chi connectivity index (χ3n) is 3.91. The van der Waals surface area contributed by atoms with Gasteiger partial charge in [0.05, 0.1) is 10.6 Å². The van der Waals surface area contributed by atoms with Crippen molar-refractivity contribution in [1.82, 2.24) is 10.2 Å². The quantitative estimate of drug-likeness (QED) is 0.595. The largest absolute Gasteiger partial charge is 0.417 e. The van der Waals surface area contributed by atoms with E-state index in [4.69, 9.17) is 23.8 Å². The molecule has 1 aromatic carbocycles. The van der Waals surface area contributed by atoms with Crippen LogP contribution in [0, 0.1) is 0 Å². The number of hydrogen-bond donors (Lipinski definition) is 2. The molecule has 25 heavy (non-hydrogen) atoms. The van der Waals surface area contributed by atoms with Gasteiger partial charge in [0.15, 0.2) is 5.11 Å². The van der Waals surface area contributed by atoms with E-state index in [9.17, 15) is 13.2 Å². The second-order valence-corrected chi connectivity index (χ2v) is 6.68. The van der Waals surface area contributed by atoms with Gasteiger partial charge in [0.25, 0.3) is 0 Å². The first-order chi connectivity index (χ1) is 11.7. The molecule has 1 aromatic rings. The van der Waals surface area contributed by atoms with Crippen molar-refractivity contribution in [2.24, 2.45) is 0 Å². The first-order valence-electron chi connectivity index (χ1n) is 8.34. The lowest BCUT2D eigenvalue weighted by molar-refractivity contribution is -0.137. The number of nitrogens with one attached hydrogen (secondary N) is 2. The summed E-state index contributed by atoms with van der Waals surface area (Å²) in [5, 5.41) is 5.85. The Morgan fingerprint density at radius 3 is 2.48 bits per heavy atom. The van der Waals surface area contributed by atoms with Crippen LogP contribution in [0.1, 0.15) is 39.2 Å². The molecule has 1 unspecified atom stereocenters. The highest BCUT2D eigenvalue weighted by molar-refractivity contribution is 7.80. The second-order valence-electron chi connectivity index (χ2n) is 5.86. The molecule has 0 aliphatic carbocycles. The molecule has 0 aromatic heterocycles. The number of nitrogens with zero attached hydrogens (tertiary/aromatic N) is 1. The summed E-state index contributed by atoms with van der Waals surface area (Å²) in [5.41, 5.74) is -0.626. The number of benzene rings is 1. The van der Waals surface area contributed by atoms with Crippen molar-refractivity contribution in [3.63, 3.8) is 0 Å². The predicted molar refractivity (Wildman–Crippen MR) is 102 cm³/mol. The normalized spacial score (nSPS) is 13.0.